The number of hydrogen-bond donors (Lipinski definition) is 1. The van der Waals surface area contributed by atoms with Crippen molar-refractivity contribution < 1.29 is 14.3 Å². The number of carbonyl (C=O) groups is 1. The number of amides is 1. The number of anilines is 1. The highest BCUT2D eigenvalue weighted by molar-refractivity contribution is 6.31. The molecule has 7 heteroatoms. The van der Waals surface area contributed by atoms with Gasteiger partial charge in [0, 0.05) is 11.6 Å². The summed E-state index contributed by atoms with van der Waals surface area (Å²) < 4.78 is 11.0. The molecule has 1 N–H and O–H groups in total. The number of nitrogens with zero attached hydrogens (tertiary/aromatic N) is 2. The van der Waals surface area contributed by atoms with Crippen LogP contribution in [0.5, 0.6) is 11.5 Å². The molecule has 0 aliphatic carbocycles. The number of methoxy groups -OCH3 is 2. The molecule has 1 amide bonds. The third-order valence-corrected chi connectivity index (χ3v) is 6.05. The number of hydrogen-bond acceptors (Lipinski definition) is 5. The molecule has 0 saturated heterocycles. The molecule has 4 rings (SSSR count). The van der Waals surface area contributed by atoms with Crippen LogP contribution >= 0.6 is 11.6 Å². The third kappa shape index (κ3) is 4.80. The summed E-state index contributed by atoms with van der Waals surface area (Å²) in [6, 6.07) is 20.9. The van der Waals surface area contributed by atoms with Gasteiger partial charge < -0.3 is 14.8 Å². The normalized spacial score (nSPS) is 15.3. The second-order valence-corrected chi connectivity index (χ2v) is 8.23. The van der Waals surface area contributed by atoms with Crippen molar-refractivity contribution in [3.05, 3.63) is 87.9 Å². The molecule has 0 saturated carbocycles. The van der Waals surface area contributed by atoms with E-state index in [1.165, 1.54) is 5.56 Å². The van der Waals surface area contributed by atoms with E-state index in [2.05, 4.69) is 28.4 Å². The molecule has 1 aliphatic rings. The lowest BCUT2D eigenvalue weighted by Crippen LogP contribution is -2.41. The van der Waals surface area contributed by atoms with Gasteiger partial charge in [-0.25, -0.2) is 0 Å². The van der Waals surface area contributed by atoms with E-state index in [0.29, 0.717) is 34.3 Å². The van der Waals surface area contributed by atoms with Crippen LogP contribution in [-0.2, 0) is 11.2 Å². The first-order chi connectivity index (χ1) is 16.0. The van der Waals surface area contributed by atoms with Gasteiger partial charge in [0.1, 0.15) is 6.07 Å². The zero-order valence-electron chi connectivity index (χ0n) is 18.5. The molecule has 0 bridgehead atoms. The van der Waals surface area contributed by atoms with Crippen molar-refractivity contribution in [3.8, 4) is 17.6 Å². The van der Waals surface area contributed by atoms with Crippen LogP contribution in [0.4, 0.5) is 5.69 Å². The van der Waals surface area contributed by atoms with Crippen molar-refractivity contribution in [2.45, 2.75) is 12.5 Å². The quantitative estimate of drug-likeness (QED) is 0.570. The number of rotatable bonds is 6. The van der Waals surface area contributed by atoms with Gasteiger partial charge in [0.25, 0.3) is 0 Å². The SMILES string of the molecule is COc1cc2c(cc1OC)[C@@H](c1ccccc1)N(CC(=O)Nc1cc(Cl)ccc1C#N)CC2. The van der Waals surface area contributed by atoms with E-state index < -0.39 is 0 Å². The Morgan fingerprint density at radius 3 is 2.55 bits per heavy atom. The van der Waals surface area contributed by atoms with Crippen molar-refractivity contribution in [1.82, 2.24) is 4.90 Å². The van der Waals surface area contributed by atoms with Crippen LogP contribution in [0.2, 0.25) is 5.02 Å². The first-order valence-electron chi connectivity index (χ1n) is 10.6. The van der Waals surface area contributed by atoms with Crippen LogP contribution < -0.4 is 14.8 Å². The minimum atomic E-state index is -0.210. The second kappa shape index (κ2) is 9.95. The van der Waals surface area contributed by atoms with Crippen LogP contribution in [0.1, 0.15) is 28.3 Å². The fourth-order valence-electron chi connectivity index (χ4n) is 4.29. The lowest BCUT2D eigenvalue weighted by molar-refractivity contribution is -0.117. The third-order valence-electron chi connectivity index (χ3n) is 5.81. The Morgan fingerprint density at radius 1 is 1.12 bits per heavy atom. The van der Waals surface area contributed by atoms with Gasteiger partial charge in [-0.1, -0.05) is 41.9 Å². The second-order valence-electron chi connectivity index (χ2n) is 7.79. The van der Waals surface area contributed by atoms with Gasteiger partial charge in [-0.3, -0.25) is 9.69 Å². The van der Waals surface area contributed by atoms with E-state index >= 15 is 0 Å². The summed E-state index contributed by atoms with van der Waals surface area (Å²) in [7, 11) is 3.25. The molecule has 1 heterocycles. The molecule has 3 aromatic rings. The molecule has 168 valence electrons. The fraction of sp³-hybridized carbons (Fsp3) is 0.231. The predicted molar refractivity (Wildman–Crippen MR) is 128 cm³/mol. The van der Waals surface area contributed by atoms with Crippen molar-refractivity contribution in [2.24, 2.45) is 0 Å². The molecule has 0 unspecified atom stereocenters. The zero-order chi connectivity index (χ0) is 23.4. The maximum atomic E-state index is 13.0. The monoisotopic (exact) mass is 461 g/mol. The smallest absolute Gasteiger partial charge is 0.238 e. The molecule has 1 aliphatic heterocycles. The van der Waals surface area contributed by atoms with E-state index in [9.17, 15) is 10.1 Å². The summed E-state index contributed by atoms with van der Waals surface area (Å²) in [6.45, 7) is 0.848. The van der Waals surface area contributed by atoms with Crippen molar-refractivity contribution in [3.63, 3.8) is 0 Å². The Morgan fingerprint density at radius 2 is 1.85 bits per heavy atom. The summed E-state index contributed by atoms with van der Waals surface area (Å²) >= 11 is 6.07. The Hall–Kier alpha value is -3.53. The largest absolute Gasteiger partial charge is 0.493 e. The summed E-state index contributed by atoms with van der Waals surface area (Å²) in [5, 5.41) is 12.7. The highest BCUT2D eigenvalue weighted by atomic mass is 35.5. The number of benzene rings is 3. The highest BCUT2D eigenvalue weighted by Gasteiger charge is 2.31. The molecule has 0 radical (unpaired) electrons. The lowest BCUT2D eigenvalue weighted by atomic mass is 9.87. The number of nitriles is 1. The van der Waals surface area contributed by atoms with Crippen LogP contribution in [-0.4, -0.2) is 38.1 Å². The standard InChI is InChI=1S/C26H24ClN3O3/c1-32-23-12-18-10-11-30(16-25(31)29-22-13-20(27)9-8-19(22)15-28)26(17-6-4-3-5-7-17)21(18)14-24(23)33-2/h3-9,12-14,26H,10-11,16H2,1-2H3,(H,29,31)/t26-/m1/s1. The lowest BCUT2D eigenvalue weighted by Gasteiger charge is -2.37. The van der Waals surface area contributed by atoms with Crippen LogP contribution in [0, 0.1) is 11.3 Å². The van der Waals surface area contributed by atoms with Gasteiger partial charge in [-0.2, -0.15) is 5.26 Å². The van der Waals surface area contributed by atoms with Gasteiger partial charge in [-0.15, -0.1) is 0 Å². The van der Waals surface area contributed by atoms with E-state index in [1.54, 1.807) is 32.4 Å². The molecular weight excluding hydrogens is 438 g/mol. The summed E-state index contributed by atoms with van der Waals surface area (Å²) in [5.74, 6) is 1.14. The fourth-order valence-corrected chi connectivity index (χ4v) is 4.46. The Kier molecular flexibility index (Phi) is 6.83. The van der Waals surface area contributed by atoms with E-state index in [-0.39, 0.29) is 18.5 Å². The van der Waals surface area contributed by atoms with Gasteiger partial charge in [0.2, 0.25) is 5.91 Å². The van der Waals surface area contributed by atoms with Crippen molar-refractivity contribution in [1.29, 1.82) is 5.26 Å². The van der Waals surface area contributed by atoms with Crippen molar-refractivity contribution in [2.75, 3.05) is 32.6 Å². The van der Waals surface area contributed by atoms with Gasteiger partial charge >= 0.3 is 0 Å². The topological polar surface area (TPSA) is 74.6 Å². The molecule has 0 aromatic heterocycles. The maximum Gasteiger partial charge on any atom is 0.238 e. The molecule has 1 atom stereocenters. The van der Waals surface area contributed by atoms with E-state index in [1.807, 2.05) is 30.3 Å². The van der Waals surface area contributed by atoms with Crippen LogP contribution in [0.15, 0.2) is 60.7 Å². The van der Waals surface area contributed by atoms with Gasteiger partial charge in [0.15, 0.2) is 11.5 Å². The minimum absolute atomic E-state index is 0.129. The number of ether oxygens (including phenoxy) is 2. The highest BCUT2D eigenvalue weighted by Crippen LogP contribution is 2.40. The van der Waals surface area contributed by atoms with Gasteiger partial charge in [-0.05, 0) is 53.4 Å². The van der Waals surface area contributed by atoms with Gasteiger partial charge in [0.05, 0.1) is 38.1 Å². The molecule has 33 heavy (non-hydrogen) atoms. The number of halogens is 1. The first-order valence-corrected chi connectivity index (χ1v) is 10.9. The number of carbonyl (C=O) groups excluding carboxylic acids is 1. The molecule has 6 nitrogen and oxygen atoms in total. The summed E-state index contributed by atoms with van der Waals surface area (Å²) in [4.78, 5) is 15.2. The van der Waals surface area contributed by atoms with Crippen molar-refractivity contribution >= 4 is 23.2 Å². The van der Waals surface area contributed by atoms with E-state index in [0.717, 1.165) is 17.5 Å². The number of fused-ring (bicyclic) bond motifs is 1. The predicted octanol–water partition coefficient (Wildman–Crippen LogP) is 4.82. The Bertz CT molecular complexity index is 1210. The molecule has 0 spiro atoms. The van der Waals surface area contributed by atoms with E-state index in [4.69, 9.17) is 21.1 Å². The van der Waals surface area contributed by atoms with Crippen LogP contribution in [0.3, 0.4) is 0 Å². The molecular formula is C26H24ClN3O3. The minimum Gasteiger partial charge on any atom is -0.493 e. The number of nitrogens with one attached hydrogen (secondary N) is 1. The average molecular weight is 462 g/mol. The molecule has 3 aromatic carbocycles. The average Bonchev–Trinajstić information content (AvgIpc) is 2.83. The first kappa shape index (κ1) is 22.7. The Balaban J connectivity index is 1.66. The zero-order valence-corrected chi connectivity index (χ0v) is 19.2. The summed E-state index contributed by atoms with van der Waals surface area (Å²) in [6.07, 6.45) is 0.771. The molecule has 0 fully saturated rings. The maximum absolute atomic E-state index is 13.0. The van der Waals surface area contributed by atoms with Crippen LogP contribution in [0.25, 0.3) is 0 Å². The Labute approximate surface area is 198 Å². The summed E-state index contributed by atoms with van der Waals surface area (Å²) in [5.41, 5.74) is 4.11.